The van der Waals surface area contributed by atoms with Gasteiger partial charge in [0.15, 0.2) is 11.7 Å². The first-order valence-corrected chi connectivity index (χ1v) is 8.09. The van der Waals surface area contributed by atoms with Gasteiger partial charge in [0.1, 0.15) is 5.82 Å². The summed E-state index contributed by atoms with van der Waals surface area (Å²) in [5.74, 6) is -0.861. The Balaban J connectivity index is 1.75. The number of anilines is 1. The van der Waals surface area contributed by atoms with Crippen LogP contribution < -0.4 is 10.6 Å². The lowest BCUT2D eigenvalue weighted by atomic mass is 10.2. The van der Waals surface area contributed by atoms with Gasteiger partial charge in [-0.25, -0.2) is 14.2 Å². The van der Waals surface area contributed by atoms with Gasteiger partial charge in [-0.2, -0.15) is 13.2 Å². The number of carbonyl (C=O) groups is 2. The molecule has 0 radical (unpaired) electrons. The third-order valence-corrected chi connectivity index (χ3v) is 3.64. The van der Waals surface area contributed by atoms with Crippen molar-refractivity contribution in [2.45, 2.75) is 12.6 Å². The predicted molar refractivity (Wildman–Crippen MR) is 86.2 cm³/mol. The van der Waals surface area contributed by atoms with Crippen LogP contribution >= 0.6 is 11.3 Å². The summed E-state index contributed by atoms with van der Waals surface area (Å²) in [6.07, 6.45) is -6.04. The average molecular weight is 391 g/mol. The van der Waals surface area contributed by atoms with Crippen LogP contribution in [0.5, 0.6) is 0 Å². The van der Waals surface area contributed by atoms with E-state index in [1.165, 1.54) is 12.1 Å². The van der Waals surface area contributed by atoms with E-state index in [0.29, 0.717) is 16.4 Å². The molecule has 1 heterocycles. The number of ether oxygens (including phenoxy) is 1. The number of alkyl halides is 3. The molecule has 1 aromatic carbocycles. The third-order valence-electron chi connectivity index (χ3n) is 2.88. The Bertz CT molecular complexity index is 762. The highest BCUT2D eigenvalue weighted by molar-refractivity contribution is 7.14. The minimum Gasteiger partial charge on any atom is -0.440 e. The molecule has 2 amide bonds. The van der Waals surface area contributed by atoms with E-state index >= 15 is 0 Å². The second-order valence-corrected chi connectivity index (χ2v) is 5.82. The number of amides is 2. The normalized spacial score (nSPS) is 11.1. The molecule has 0 atom stereocenters. The van der Waals surface area contributed by atoms with Crippen molar-refractivity contribution in [2.24, 2.45) is 0 Å². The molecule has 140 valence electrons. The summed E-state index contributed by atoms with van der Waals surface area (Å²) in [6.45, 7) is -1.89. The van der Waals surface area contributed by atoms with Gasteiger partial charge < -0.3 is 15.4 Å². The summed E-state index contributed by atoms with van der Waals surface area (Å²) in [5, 5.41) is 6.51. The Morgan fingerprint density at radius 1 is 1.19 bits per heavy atom. The number of carbonyl (C=O) groups excluding carboxylic acids is 2. The second-order valence-electron chi connectivity index (χ2n) is 4.96. The van der Waals surface area contributed by atoms with Crippen LogP contribution in [0.15, 0.2) is 29.6 Å². The molecule has 2 rings (SSSR count). The van der Waals surface area contributed by atoms with Gasteiger partial charge in [0, 0.05) is 23.9 Å². The topological polar surface area (TPSA) is 80.3 Å². The van der Waals surface area contributed by atoms with Crippen LogP contribution in [0.1, 0.15) is 6.42 Å². The third kappa shape index (κ3) is 6.67. The summed E-state index contributed by atoms with van der Waals surface area (Å²) in [5.41, 5.74) is 1.23. The molecule has 0 saturated carbocycles. The van der Waals surface area contributed by atoms with Crippen LogP contribution in [0.25, 0.3) is 11.3 Å². The quantitative estimate of drug-likeness (QED) is 0.738. The van der Waals surface area contributed by atoms with E-state index in [4.69, 9.17) is 0 Å². The maximum Gasteiger partial charge on any atom is 0.422 e. The van der Waals surface area contributed by atoms with Gasteiger partial charge in [-0.1, -0.05) is 0 Å². The van der Waals surface area contributed by atoms with Crippen LogP contribution in [-0.4, -0.2) is 36.3 Å². The van der Waals surface area contributed by atoms with Crippen molar-refractivity contribution in [3.63, 3.8) is 0 Å². The van der Waals surface area contributed by atoms with E-state index in [1.807, 2.05) is 5.32 Å². The summed E-state index contributed by atoms with van der Waals surface area (Å²) < 4.78 is 52.4. The smallest absolute Gasteiger partial charge is 0.422 e. The zero-order valence-electron chi connectivity index (χ0n) is 13.1. The van der Waals surface area contributed by atoms with Crippen molar-refractivity contribution < 1.29 is 31.9 Å². The van der Waals surface area contributed by atoms with E-state index < -0.39 is 24.8 Å². The van der Waals surface area contributed by atoms with Crippen molar-refractivity contribution in [1.82, 2.24) is 10.3 Å². The molecule has 0 unspecified atom stereocenters. The van der Waals surface area contributed by atoms with E-state index in [-0.39, 0.29) is 18.8 Å². The Morgan fingerprint density at radius 3 is 2.54 bits per heavy atom. The average Bonchev–Trinajstić information content (AvgIpc) is 3.01. The van der Waals surface area contributed by atoms with Crippen LogP contribution in [0.3, 0.4) is 0 Å². The summed E-state index contributed by atoms with van der Waals surface area (Å²) in [7, 11) is 0. The Kier molecular flexibility index (Phi) is 6.50. The van der Waals surface area contributed by atoms with Crippen LogP contribution in [0.4, 0.5) is 27.5 Å². The molecule has 11 heteroatoms. The summed E-state index contributed by atoms with van der Waals surface area (Å²) >= 11 is 1.15. The van der Waals surface area contributed by atoms with Crippen LogP contribution in [0.2, 0.25) is 0 Å². The fraction of sp³-hybridized carbons (Fsp3) is 0.267. The van der Waals surface area contributed by atoms with E-state index in [9.17, 15) is 27.2 Å². The first kappa shape index (κ1) is 19.6. The maximum absolute atomic E-state index is 12.9. The number of hydrogen-bond acceptors (Lipinski definition) is 5. The highest BCUT2D eigenvalue weighted by atomic mass is 32.1. The monoisotopic (exact) mass is 391 g/mol. The first-order chi connectivity index (χ1) is 12.2. The molecule has 0 aliphatic rings. The lowest BCUT2D eigenvalue weighted by Gasteiger charge is -2.08. The van der Waals surface area contributed by atoms with E-state index in [2.05, 4.69) is 15.0 Å². The molecule has 0 aliphatic heterocycles. The number of alkyl carbamates (subject to hydrolysis) is 1. The molecular weight excluding hydrogens is 378 g/mol. The summed E-state index contributed by atoms with van der Waals surface area (Å²) in [6, 6.07) is 5.67. The van der Waals surface area contributed by atoms with Crippen molar-refractivity contribution in [2.75, 3.05) is 18.5 Å². The predicted octanol–water partition coefficient (Wildman–Crippen LogP) is 3.57. The van der Waals surface area contributed by atoms with Gasteiger partial charge in [0.25, 0.3) is 0 Å². The van der Waals surface area contributed by atoms with Gasteiger partial charge in [0.05, 0.1) is 5.69 Å². The molecule has 6 nitrogen and oxygen atoms in total. The molecule has 0 aliphatic carbocycles. The maximum atomic E-state index is 12.9. The zero-order valence-corrected chi connectivity index (χ0v) is 13.9. The van der Waals surface area contributed by atoms with Crippen molar-refractivity contribution in [1.29, 1.82) is 0 Å². The fourth-order valence-electron chi connectivity index (χ4n) is 1.74. The number of hydrogen-bond donors (Lipinski definition) is 2. The number of benzene rings is 1. The molecule has 0 fully saturated rings. The Hall–Kier alpha value is -2.69. The fourth-order valence-corrected chi connectivity index (χ4v) is 2.48. The number of thiazole rings is 1. The lowest BCUT2D eigenvalue weighted by molar-refractivity contribution is -0.160. The van der Waals surface area contributed by atoms with Crippen molar-refractivity contribution >= 4 is 28.5 Å². The van der Waals surface area contributed by atoms with Gasteiger partial charge >= 0.3 is 12.3 Å². The van der Waals surface area contributed by atoms with Crippen molar-refractivity contribution in [3.8, 4) is 11.3 Å². The Morgan fingerprint density at radius 2 is 1.88 bits per heavy atom. The minimum absolute atomic E-state index is 0.174. The molecule has 2 N–H and O–H groups in total. The number of nitrogens with one attached hydrogen (secondary N) is 2. The van der Waals surface area contributed by atoms with Gasteiger partial charge in [-0.05, 0) is 24.3 Å². The van der Waals surface area contributed by atoms with Crippen LogP contribution in [0, 0.1) is 5.82 Å². The SMILES string of the molecule is O=C(CCNC(=O)OCC(F)(F)F)Nc1nc(-c2ccc(F)cc2)cs1. The van der Waals surface area contributed by atoms with Gasteiger partial charge in [-0.3, -0.25) is 4.79 Å². The number of rotatable bonds is 6. The summed E-state index contributed by atoms with van der Waals surface area (Å²) in [4.78, 5) is 26.9. The van der Waals surface area contributed by atoms with E-state index in [0.717, 1.165) is 11.3 Å². The highest BCUT2D eigenvalue weighted by Gasteiger charge is 2.29. The largest absolute Gasteiger partial charge is 0.440 e. The molecule has 0 spiro atoms. The first-order valence-electron chi connectivity index (χ1n) is 7.21. The molecule has 0 bridgehead atoms. The van der Waals surface area contributed by atoms with Crippen LogP contribution in [-0.2, 0) is 9.53 Å². The highest BCUT2D eigenvalue weighted by Crippen LogP contribution is 2.25. The molecule has 1 aromatic heterocycles. The molecular formula is C15H13F4N3O3S. The van der Waals surface area contributed by atoms with Gasteiger partial charge in [0.2, 0.25) is 5.91 Å². The zero-order chi connectivity index (χ0) is 19.2. The van der Waals surface area contributed by atoms with Gasteiger partial charge in [-0.15, -0.1) is 11.3 Å². The standard InChI is InChI=1S/C15H13F4N3O3S/c16-10-3-1-9(2-4-10)11-7-26-13(21-11)22-12(23)5-6-20-14(24)25-8-15(17,18)19/h1-4,7H,5-6,8H2,(H,20,24)(H,21,22,23). The number of halogens is 4. The number of aromatic nitrogens is 1. The molecule has 26 heavy (non-hydrogen) atoms. The van der Waals surface area contributed by atoms with E-state index in [1.54, 1.807) is 17.5 Å². The molecule has 2 aromatic rings. The molecule has 0 saturated heterocycles. The minimum atomic E-state index is -4.61. The lowest BCUT2D eigenvalue weighted by Crippen LogP contribution is -2.31. The van der Waals surface area contributed by atoms with Crippen molar-refractivity contribution in [3.05, 3.63) is 35.5 Å². The Labute approximate surface area is 149 Å². The second kappa shape index (κ2) is 8.61. The number of nitrogens with zero attached hydrogens (tertiary/aromatic N) is 1.